The van der Waals surface area contributed by atoms with Gasteiger partial charge in [-0.05, 0) is 43.9 Å². The van der Waals surface area contributed by atoms with Crippen molar-refractivity contribution in [1.29, 1.82) is 0 Å². The molecule has 2 aliphatic carbocycles. The molecule has 3 fully saturated rings. The molecule has 1 heterocycles. The molecule has 1 N–H and O–H groups in total. The van der Waals surface area contributed by atoms with Gasteiger partial charge < -0.3 is 10.1 Å². The summed E-state index contributed by atoms with van der Waals surface area (Å²) in [4.78, 5) is 12.0. The fourth-order valence-electron chi connectivity index (χ4n) is 3.51. The van der Waals surface area contributed by atoms with Crippen molar-refractivity contribution in [2.24, 2.45) is 11.8 Å². The number of piperidine rings is 1. The van der Waals surface area contributed by atoms with Crippen molar-refractivity contribution in [1.82, 2.24) is 5.32 Å². The van der Waals surface area contributed by atoms with E-state index in [1.165, 1.54) is 44.9 Å². The van der Waals surface area contributed by atoms with Crippen molar-refractivity contribution in [3.05, 3.63) is 0 Å². The number of fused-ring (bicyclic) bond motifs is 1. The van der Waals surface area contributed by atoms with Gasteiger partial charge in [-0.1, -0.05) is 25.7 Å². The smallest absolute Gasteiger partial charge is 0.323 e. The maximum Gasteiger partial charge on any atom is 0.323 e. The third kappa shape index (κ3) is 3.05. The average molecular weight is 251 g/mol. The lowest BCUT2D eigenvalue weighted by molar-refractivity contribution is -0.147. The Labute approximate surface area is 110 Å². The van der Waals surface area contributed by atoms with Crippen molar-refractivity contribution in [3.8, 4) is 0 Å². The third-order valence-corrected chi connectivity index (χ3v) is 4.90. The minimum Gasteiger partial charge on any atom is -0.465 e. The van der Waals surface area contributed by atoms with Crippen molar-refractivity contribution >= 4 is 5.97 Å². The van der Waals surface area contributed by atoms with Gasteiger partial charge in [0, 0.05) is 6.04 Å². The van der Waals surface area contributed by atoms with Gasteiger partial charge in [-0.15, -0.1) is 0 Å². The minimum atomic E-state index is -0.0245. The molecule has 3 heteroatoms. The largest absolute Gasteiger partial charge is 0.465 e. The molecule has 0 amide bonds. The molecule has 1 aliphatic heterocycles. The standard InChI is InChI=1S/C15H25NO2/c17-15(18-10-9-11-5-6-11)14-8-7-12-3-1-2-4-13(12)16-14/h11-14,16H,1-10H2. The predicted octanol–water partition coefficient (Wildman–Crippen LogP) is 2.64. The average Bonchev–Trinajstić information content (AvgIpc) is 3.22. The first-order chi connectivity index (χ1) is 8.83. The van der Waals surface area contributed by atoms with Gasteiger partial charge in [0.2, 0.25) is 0 Å². The number of hydrogen-bond acceptors (Lipinski definition) is 3. The fourth-order valence-corrected chi connectivity index (χ4v) is 3.51. The predicted molar refractivity (Wildman–Crippen MR) is 70.2 cm³/mol. The molecular weight excluding hydrogens is 226 g/mol. The highest BCUT2D eigenvalue weighted by molar-refractivity contribution is 5.76. The molecule has 0 aromatic rings. The van der Waals surface area contributed by atoms with Crippen molar-refractivity contribution in [3.63, 3.8) is 0 Å². The Kier molecular flexibility index (Phi) is 3.88. The van der Waals surface area contributed by atoms with E-state index in [4.69, 9.17) is 4.74 Å². The Hall–Kier alpha value is -0.570. The Morgan fingerprint density at radius 2 is 1.89 bits per heavy atom. The van der Waals surface area contributed by atoms with Crippen LogP contribution in [0.5, 0.6) is 0 Å². The van der Waals surface area contributed by atoms with Crippen LogP contribution >= 0.6 is 0 Å². The summed E-state index contributed by atoms with van der Waals surface area (Å²) in [5, 5.41) is 3.53. The van der Waals surface area contributed by atoms with Crippen LogP contribution in [0.3, 0.4) is 0 Å². The zero-order chi connectivity index (χ0) is 12.4. The van der Waals surface area contributed by atoms with Crippen LogP contribution in [0.1, 0.15) is 57.8 Å². The Balaban J connectivity index is 1.42. The molecule has 3 rings (SSSR count). The fraction of sp³-hybridized carbons (Fsp3) is 0.933. The van der Waals surface area contributed by atoms with Gasteiger partial charge in [0.05, 0.1) is 6.61 Å². The lowest BCUT2D eigenvalue weighted by atomic mass is 9.78. The highest BCUT2D eigenvalue weighted by Gasteiger charge is 2.35. The lowest BCUT2D eigenvalue weighted by Gasteiger charge is -2.39. The maximum atomic E-state index is 12.0. The van der Waals surface area contributed by atoms with Crippen molar-refractivity contribution < 1.29 is 9.53 Å². The van der Waals surface area contributed by atoms with E-state index < -0.39 is 0 Å². The van der Waals surface area contributed by atoms with Gasteiger partial charge in [0.1, 0.15) is 6.04 Å². The summed E-state index contributed by atoms with van der Waals surface area (Å²) < 4.78 is 5.41. The molecule has 0 spiro atoms. The third-order valence-electron chi connectivity index (χ3n) is 4.90. The molecule has 3 unspecified atom stereocenters. The van der Waals surface area contributed by atoms with E-state index in [0.29, 0.717) is 12.6 Å². The van der Waals surface area contributed by atoms with Gasteiger partial charge >= 0.3 is 5.97 Å². The van der Waals surface area contributed by atoms with Crippen molar-refractivity contribution in [2.75, 3.05) is 6.61 Å². The molecule has 18 heavy (non-hydrogen) atoms. The van der Waals surface area contributed by atoms with E-state index in [-0.39, 0.29) is 12.0 Å². The first-order valence-electron chi connectivity index (χ1n) is 7.75. The molecule has 102 valence electrons. The van der Waals surface area contributed by atoms with Crippen LogP contribution in [0.4, 0.5) is 0 Å². The molecule has 3 nitrogen and oxygen atoms in total. The number of ether oxygens (including phenoxy) is 1. The second-order valence-corrected chi connectivity index (χ2v) is 6.35. The molecular formula is C15H25NO2. The van der Waals surface area contributed by atoms with Gasteiger partial charge in [0.15, 0.2) is 0 Å². The van der Waals surface area contributed by atoms with Crippen LogP contribution in [0.15, 0.2) is 0 Å². The second kappa shape index (κ2) is 5.60. The number of esters is 1. The first kappa shape index (κ1) is 12.5. The summed E-state index contributed by atoms with van der Waals surface area (Å²) in [5.74, 6) is 1.66. The zero-order valence-corrected chi connectivity index (χ0v) is 11.2. The lowest BCUT2D eigenvalue weighted by Crippen LogP contribution is -2.52. The monoisotopic (exact) mass is 251 g/mol. The minimum absolute atomic E-state index is 0.000302. The molecule has 2 saturated carbocycles. The summed E-state index contributed by atoms with van der Waals surface area (Å²) in [5.41, 5.74) is 0. The van der Waals surface area contributed by atoms with Crippen LogP contribution in [-0.4, -0.2) is 24.7 Å². The summed E-state index contributed by atoms with van der Waals surface area (Å²) in [7, 11) is 0. The van der Waals surface area contributed by atoms with Crippen LogP contribution < -0.4 is 5.32 Å². The van der Waals surface area contributed by atoms with Crippen LogP contribution in [0, 0.1) is 11.8 Å². The Morgan fingerprint density at radius 1 is 1.06 bits per heavy atom. The summed E-state index contributed by atoms with van der Waals surface area (Å²) in [6, 6.07) is 0.553. The molecule has 0 bridgehead atoms. The van der Waals surface area contributed by atoms with E-state index >= 15 is 0 Å². The molecule has 1 saturated heterocycles. The second-order valence-electron chi connectivity index (χ2n) is 6.35. The number of hydrogen-bond donors (Lipinski definition) is 1. The summed E-state index contributed by atoms with van der Waals surface area (Å²) >= 11 is 0. The number of carbonyl (C=O) groups excluding carboxylic acids is 1. The summed E-state index contributed by atoms with van der Waals surface area (Å²) in [6.07, 6.45) is 11.2. The molecule has 0 aromatic carbocycles. The van der Waals surface area contributed by atoms with E-state index in [0.717, 1.165) is 24.7 Å². The normalized spacial score (nSPS) is 35.9. The Bertz CT molecular complexity index is 301. The van der Waals surface area contributed by atoms with Gasteiger partial charge in [0.25, 0.3) is 0 Å². The van der Waals surface area contributed by atoms with Gasteiger partial charge in [-0.25, -0.2) is 0 Å². The maximum absolute atomic E-state index is 12.0. The molecule has 3 atom stereocenters. The van der Waals surface area contributed by atoms with E-state index in [9.17, 15) is 4.79 Å². The van der Waals surface area contributed by atoms with Gasteiger partial charge in [-0.3, -0.25) is 4.79 Å². The highest BCUT2D eigenvalue weighted by Crippen LogP contribution is 2.33. The zero-order valence-electron chi connectivity index (χ0n) is 11.2. The number of rotatable bonds is 4. The van der Waals surface area contributed by atoms with Crippen LogP contribution in [-0.2, 0) is 9.53 Å². The van der Waals surface area contributed by atoms with Crippen LogP contribution in [0.2, 0.25) is 0 Å². The molecule has 0 aromatic heterocycles. The molecule has 3 aliphatic rings. The number of carbonyl (C=O) groups is 1. The van der Waals surface area contributed by atoms with Crippen molar-refractivity contribution in [2.45, 2.75) is 69.9 Å². The van der Waals surface area contributed by atoms with Crippen LogP contribution in [0.25, 0.3) is 0 Å². The summed E-state index contributed by atoms with van der Waals surface area (Å²) in [6.45, 7) is 0.635. The molecule has 0 radical (unpaired) electrons. The topological polar surface area (TPSA) is 38.3 Å². The Morgan fingerprint density at radius 3 is 2.72 bits per heavy atom. The first-order valence-corrected chi connectivity index (χ1v) is 7.75. The van der Waals surface area contributed by atoms with E-state index in [1.54, 1.807) is 0 Å². The SMILES string of the molecule is O=C(OCCC1CC1)C1CCC2CCCCC2N1. The highest BCUT2D eigenvalue weighted by atomic mass is 16.5. The quantitative estimate of drug-likeness (QED) is 0.781. The van der Waals surface area contributed by atoms with Gasteiger partial charge in [-0.2, -0.15) is 0 Å². The van der Waals surface area contributed by atoms with E-state index in [1.807, 2.05) is 0 Å². The number of nitrogens with one attached hydrogen (secondary N) is 1. The van der Waals surface area contributed by atoms with E-state index in [2.05, 4.69) is 5.32 Å².